The summed E-state index contributed by atoms with van der Waals surface area (Å²) >= 11 is 0. The fourth-order valence-corrected chi connectivity index (χ4v) is 2.48. The number of aryl methyl sites for hydroxylation is 1. The highest BCUT2D eigenvalue weighted by Crippen LogP contribution is 2.38. The first-order valence-corrected chi connectivity index (χ1v) is 6.96. The summed E-state index contributed by atoms with van der Waals surface area (Å²) in [5.74, 6) is 0.856. The maximum Gasteiger partial charge on any atom is 0.225 e. The second-order valence-electron chi connectivity index (χ2n) is 4.80. The highest BCUT2D eigenvalue weighted by atomic mass is 16.5. The van der Waals surface area contributed by atoms with Crippen LogP contribution in [0.1, 0.15) is 38.8 Å². The fourth-order valence-electron chi connectivity index (χ4n) is 2.48. The summed E-state index contributed by atoms with van der Waals surface area (Å²) in [4.78, 5) is 11.1. The Balaban J connectivity index is 0.000000574. The van der Waals surface area contributed by atoms with E-state index in [0.29, 0.717) is 0 Å². The van der Waals surface area contributed by atoms with Gasteiger partial charge in [-0.05, 0) is 32.3 Å². The van der Waals surface area contributed by atoms with Crippen LogP contribution in [0.5, 0.6) is 0 Å². The normalized spacial score (nSPS) is 20.9. The van der Waals surface area contributed by atoms with E-state index < -0.39 is 0 Å². The van der Waals surface area contributed by atoms with E-state index in [1.165, 1.54) is 19.3 Å². The fraction of sp³-hybridized carbons (Fsp3) is 0.714. The molecule has 1 aliphatic carbocycles. The van der Waals surface area contributed by atoms with Gasteiger partial charge in [0.25, 0.3) is 0 Å². The number of nitrogens with zero attached hydrogens (tertiary/aromatic N) is 3. The van der Waals surface area contributed by atoms with Crippen LogP contribution in [0.25, 0.3) is 0 Å². The Kier molecular flexibility index (Phi) is 4.17. The van der Waals surface area contributed by atoms with Crippen molar-refractivity contribution in [3.8, 4) is 0 Å². The highest BCUT2D eigenvalue weighted by Gasteiger charge is 2.42. The van der Waals surface area contributed by atoms with Crippen molar-refractivity contribution in [1.82, 2.24) is 9.97 Å². The molecule has 2 fully saturated rings. The average molecular weight is 249 g/mol. The lowest BCUT2D eigenvalue weighted by molar-refractivity contribution is -0.107. The average Bonchev–Trinajstić information content (AvgIpc) is 2.39. The van der Waals surface area contributed by atoms with Crippen LogP contribution in [-0.2, 0) is 4.74 Å². The van der Waals surface area contributed by atoms with Crippen LogP contribution in [-0.4, -0.2) is 35.3 Å². The predicted octanol–water partition coefficient (Wildman–Crippen LogP) is 2.57. The number of rotatable bonds is 1. The van der Waals surface area contributed by atoms with Crippen molar-refractivity contribution in [2.75, 3.05) is 24.6 Å². The summed E-state index contributed by atoms with van der Waals surface area (Å²) in [5, 5.41) is 0. The van der Waals surface area contributed by atoms with Crippen molar-refractivity contribution >= 4 is 5.95 Å². The number of aromatic nitrogens is 2. The topological polar surface area (TPSA) is 38.2 Å². The van der Waals surface area contributed by atoms with Crippen LogP contribution < -0.4 is 4.90 Å². The van der Waals surface area contributed by atoms with Gasteiger partial charge in [0.15, 0.2) is 0 Å². The monoisotopic (exact) mass is 249 g/mol. The van der Waals surface area contributed by atoms with Crippen LogP contribution in [0.15, 0.2) is 12.3 Å². The van der Waals surface area contributed by atoms with E-state index in [9.17, 15) is 0 Å². The van der Waals surface area contributed by atoms with Crippen LogP contribution in [0.2, 0.25) is 0 Å². The van der Waals surface area contributed by atoms with E-state index in [0.717, 1.165) is 31.3 Å². The van der Waals surface area contributed by atoms with Gasteiger partial charge in [-0.2, -0.15) is 0 Å². The maximum atomic E-state index is 5.89. The molecule has 100 valence electrons. The first-order chi connectivity index (χ1) is 8.77. The van der Waals surface area contributed by atoms with Crippen molar-refractivity contribution < 1.29 is 4.74 Å². The summed E-state index contributed by atoms with van der Waals surface area (Å²) in [5.41, 5.74) is 1.14. The van der Waals surface area contributed by atoms with Gasteiger partial charge < -0.3 is 9.64 Å². The zero-order chi connectivity index (χ0) is 13.0. The molecule has 1 aliphatic heterocycles. The molecule has 3 rings (SSSR count). The third-order valence-corrected chi connectivity index (χ3v) is 3.58. The molecule has 0 bridgehead atoms. The van der Waals surface area contributed by atoms with Gasteiger partial charge in [0.05, 0.1) is 12.2 Å². The van der Waals surface area contributed by atoms with Gasteiger partial charge in [-0.3, -0.25) is 0 Å². The van der Waals surface area contributed by atoms with Gasteiger partial charge in [0.1, 0.15) is 0 Å². The molecule has 2 heterocycles. The zero-order valence-corrected chi connectivity index (χ0v) is 11.6. The SMILES string of the molecule is CC.Cc1ccnc(N2CCOC3(CCC3)C2)n1. The molecule has 0 radical (unpaired) electrons. The molecule has 0 aromatic carbocycles. The van der Waals surface area contributed by atoms with Crippen molar-refractivity contribution in [2.24, 2.45) is 0 Å². The Labute approximate surface area is 109 Å². The van der Waals surface area contributed by atoms with E-state index in [2.05, 4.69) is 14.9 Å². The minimum Gasteiger partial charge on any atom is -0.371 e. The molecule has 1 aromatic heterocycles. The summed E-state index contributed by atoms with van der Waals surface area (Å²) in [6.45, 7) is 8.67. The lowest BCUT2D eigenvalue weighted by Gasteiger charge is -2.48. The van der Waals surface area contributed by atoms with Gasteiger partial charge in [-0.15, -0.1) is 0 Å². The van der Waals surface area contributed by atoms with Gasteiger partial charge in [0, 0.05) is 25.0 Å². The van der Waals surface area contributed by atoms with Gasteiger partial charge in [-0.1, -0.05) is 13.8 Å². The van der Waals surface area contributed by atoms with Crippen LogP contribution in [0.4, 0.5) is 5.95 Å². The molecule has 4 nitrogen and oxygen atoms in total. The molecule has 1 saturated heterocycles. The largest absolute Gasteiger partial charge is 0.371 e. The first-order valence-electron chi connectivity index (χ1n) is 6.96. The van der Waals surface area contributed by atoms with Crippen LogP contribution in [0.3, 0.4) is 0 Å². The molecular formula is C14H23N3O. The van der Waals surface area contributed by atoms with E-state index in [1.807, 2.05) is 33.0 Å². The van der Waals surface area contributed by atoms with Gasteiger partial charge >= 0.3 is 0 Å². The second kappa shape index (κ2) is 5.65. The summed E-state index contributed by atoms with van der Waals surface area (Å²) in [7, 11) is 0. The molecule has 1 spiro atoms. The number of hydrogen-bond donors (Lipinski definition) is 0. The van der Waals surface area contributed by atoms with E-state index in [-0.39, 0.29) is 5.60 Å². The molecule has 0 unspecified atom stereocenters. The predicted molar refractivity (Wildman–Crippen MR) is 72.9 cm³/mol. The molecule has 1 aromatic rings. The maximum absolute atomic E-state index is 5.89. The lowest BCUT2D eigenvalue weighted by atomic mass is 9.79. The third kappa shape index (κ3) is 2.64. The number of anilines is 1. The summed E-state index contributed by atoms with van der Waals surface area (Å²) in [6, 6.07) is 1.93. The molecule has 18 heavy (non-hydrogen) atoms. The van der Waals surface area contributed by atoms with E-state index >= 15 is 0 Å². The van der Waals surface area contributed by atoms with E-state index in [4.69, 9.17) is 4.74 Å². The molecule has 0 N–H and O–H groups in total. The Hall–Kier alpha value is -1.16. The van der Waals surface area contributed by atoms with Crippen LogP contribution in [0, 0.1) is 6.92 Å². The first kappa shape index (κ1) is 13.3. The Bertz CT molecular complexity index is 390. The zero-order valence-electron chi connectivity index (χ0n) is 11.6. The Morgan fingerprint density at radius 2 is 2.11 bits per heavy atom. The highest BCUT2D eigenvalue weighted by molar-refractivity contribution is 5.32. The van der Waals surface area contributed by atoms with E-state index in [1.54, 1.807) is 0 Å². The molecular weight excluding hydrogens is 226 g/mol. The Morgan fingerprint density at radius 1 is 1.33 bits per heavy atom. The smallest absolute Gasteiger partial charge is 0.225 e. The number of morpholine rings is 1. The van der Waals surface area contributed by atoms with Crippen molar-refractivity contribution in [3.63, 3.8) is 0 Å². The molecule has 1 saturated carbocycles. The molecule has 0 amide bonds. The molecule has 4 heteroatoms. The lowest BCUT2D eigenvalue weighted by Crippen LogP contribution is -2.56. The standard InChI is InChI=1S/C12H17N3O.C2H6/c1-10-3-6-13-11(14-10)15-7-8-16-12(9-15)4-2-5-12;1-2/h3,6H,2,4-5,7-9H2,1H3;1-2H3. The number of hydrogen-bond acceptors (Lipinski definition) is 4. The van der Waals surface area contributed by atoms with Crippen molar-refractivity contribution in [3.05, 3.63) is 18.0 Å². The van der Waals surface area contributed by atoms with Gasteiger partial charge in [-0.25, -0.2) is 9.97 Å². The minimum atomic E-state index is 0.116. The quantitative estimate of drug-likeness (QED) is 0.766. The number of ether oxygens (including phenoxy) is 1. The second-order valence-corrected chi connectivity index (χ2v) is 4.80. The van der Waals surface area contributed by atoms with Gasteiger partial charge in [0.2, 0.25) is 5.95 Å². The van der Waals surface area contributed by atoms with Crippen molar-refractivity contribution in [1.29, 1.82) is 0 Å². The molecule has 0 atom stereocenters. The third-order valence-electron chi connectivity index (χ3n) is 3.58. The Morgan fingerprint density at radius 3 is 2.72 bits per heavy atom. The van der Waals surface area contributed by atoms with Crippen molar-refractivity contribution in [2.45, 2.75) is 45.6 Å². The molecule has 2 aliphatic rings. The minimum absolute atomic E-state index is 0.116. The summed E-state index contributed by atoms with van der Waals surface area (Å²) in [6.07, 6.45) is 5.51. The summed E-state index contributed by atoms with van der Waals surface area (Å²) < 4.78 is 5.89. The van der Waals surface area contributed by atoms with Crippen LogP contribution >= 0.6 is 0 Å².